The Bertz CT molecular complexity index is 877. The molecule has 0 aliphatic heterocycles. The minimum Gasteiger partial charge on any atom is -0.487 e. The first-order valence-electron chi connectivity index (χ1n) is 7.98. The molecule has 134 valence electrons. The maximum absolute atomic E-state index is 11.9. The zero-order valence-corrected chi connectivity index (χ0v) is 15.4. The van der Waals surface area contributed by atoms with Gasteiger partial charge in [-0.1, -0.05) is 22.0 Å². The van der Waals surface area contributed by atoms with Crippen molar-refractivity contribution >= 4 is 21.8 Å². The molecule has 6 nitrogen and oxygen atoms in total. The second-order valence-corrected chi connectivity index (χ2v) is 6.36. The first kappa shape index (κ1) is 18.2. The van der Waals surface area contributed by atoms with Crippen molar-refractivity contribution in [1.82, 2.24) is 10.3 Å². The molecule has 26 heavy (non-hydrogen) atoms. The molecule has 3 aromatic rings. The van der Waals surface area contributed by atoms with Crippen LogP contribution < -0.4 is 10.1 Å². The lowest BCUT2D eigenvalue weighted by atomic mass is 10.2. The Morgan fingerprint density at radius 2 is 2.04 bits per heavy atom. The van der Waals surface area contributed by atoms with Gasteiger partial charge in [0.15, 0.2) is 0 Å². The minimum absolute atomic E-state index is 0.102. The van der Waals surface area contributed by atoms with Gasteiger partial charge in [-0.25, -0.2) is 4.98 Å². The predicted molar refractivity (Wildman–Crippen MR) is 99.8 cm³/mol. The van der Waals surface area contributed by atoms with Gasteiger partial charge in [0.1, 0.15) is 24.3 Å². The highest BCUT2D eigenvalue weighted by atomic mass is 79.9. The van der Waals surface area contributed by atoms with Gasteiger partial charge in [-0.05, 0) is 42.5 Å². The lowest BCUT2D eigenvalue weighted by Gasteiger charge is -2.07. The number of hydrogen-bond acceptors (Lipinski definition) is 5. The fourth-order valence-electron chi connectivity index (χ4n) is 2.25. The van der Waals surface area contributed by atoms with Crippen LogP contribution in [0.15, 0.2) is 63.7 Å². The van der Waals surface area contributed by atoms with Gasteiger partial charge in [-0.2, -0.15) is 0 Å². The summed E-state index contributed by atoms with van der Waals surface area (Å²) < 4.78 is 12.2. The van der Waals surface area contributed by atoms with E-state index >= 15 is 0 Å². The molecule has 0 fully saturated rings. The van der Waals surface area contributed by atoms with Crippen molar-refractivity contribution in [2.45, 2.75) is 6.61 Å². The van der Waals surface area contributed by atoms with Crippen LogP contribution in [0.5, 0.6) is 5.75 Å². The Hall–Kier alpha value is -2.64. The van der Waals surface area contributed by atoms with Gasteiger partial charge in [0.25, 0.3) is 5.91 Å². The highest BCUT2D eigenvalue weighted by molar-refractivity contribution is 9.10. The van der Waals surface area contributed by atoms with Crippen LogP contribution in [0.4, 0.5) is 0 Å². The number of aliphatic hydroxyl groups excluding tert-OH is 1. The van der Waals surface area contributed by atoms with E-state index in [-0.39, 0.29) is 25.7 Å². The Labute approximate surface area is 159 Å². The first-order valence-corrected chi connectivity index (χ1v) is 8.77. The zero-order valence-electron chi connectivity index (χ0n) is 13.8. The summed E-state index contributed by atoms with van der Waals surface area (Å²) in [5.41, 5.74) is 1.99. The van der Waals surface area contributed by atoms with Gasteiger partial charge in [-0.15, -0.1) is 0 Å². The topological polar surface area (TPSA) is 84.6 Å². The SMILES string of the molecule is O=C(NCCO)c1cccc(OCc2coc(-c3ccc(Br)cc3)n2)c1. The Kier molecular flexibility index (Phi) is 6.04. The molecule has 0 bridgehead atoms. The number of carbonyl (C=O) groups is 1. The molecule has 0 saturated carbocycles. The number of carbonyl (C=O) groups excluding carboxylic acids is 1. The van der Waals surface area contributed by atoms with Gasteiger partial charge < -0.3 is 19.6 Å². The van der Waals surface area contributed by atoms with Crippen LogP contribution in [0.3, 0.4) is 0 Å². The highest BCUT2D eigenvalue weighted by Crippen LogP contribution is 2.22. The molecular weight excluding hydrogens is 400 g/mol. The molecule has 0 aliphatic carbocycles. The lowest BCUT2D eigenvalue weighted by molar-refractivity contribution is 0.0944. The number of nitrogens with one attached hydrogen (secondary N) is 1. The third-order valence-electron chi connectivity index (χ3n) is 3.52. The number of hydrogen-bond donors (Lipinski definition) is 2. The van der Waals surface area contributed by atoms with Crippen molar-refractivity contribution in [2.75, 3.05) is 13.2 Å². The number of ether oxygens (including phenoxy) is 1. The normalized spacial score (nSPS) is 10.5. The molecule has 0 unspecified atom stereocenters. The molecule has 2 N–H and O–H groups in total. The molecule has 3 rings (SSSR count). The fraction of sp³-hybridized carbons (Fsp3) is 0.158. The molecule has 1 heterocycles. The molecule has 7 heteroatoms. The summed E-state index contributed by atoms with van der Waals surface area (Å²) in [5, 5.41) is 11.4. The Morgan fingerprint density at radius 3 is 2.81 bits per heavy atom. The lowest BCUT2D eigenvalue weighted by Crippen LogP contribution is -2.26. The molecule has 2 aromatic carbocycles. The summed E-state index contributed by atoms with van der Waals surface area (Å²) >= 11 is 3.39. The number of oxazole rings is 1. The third-order valence-corrected chi connectivity index (χ3v) is 4.05. The zero-order chi connectivity index (χ0) is 18.4. The van der Waals surface area contributed by atoms with E-state index in [1.807, 2.05) is 24.3 Å². The van der Waals surface area contributed by atoms with Crippen molar-refractivity contribution in [2.24, 2.45) is 0 Å². The van der Waals surface area contributed by atoms with Crippen LogP contribution in [-0.4, -0.2) is 29.1 Å². The molecule has 0 saturated heterocycles. The van der Waals surface area contributed by atoms with E-state index in [1.54, 1.807) is 30.5 Å². The average molecular weight is 417 g/mol. The number of aliphatic hydroxyl groups is 1. The Morgan fingerprint density at radius 1 is 1.23 bits per heavy atom. The second kappa shape index (κ2) is 8.64. The van der Waals surface area contributed by atoms with Crippen molar-refractivity contribution in [3.63, 3.8) is 0 Å². The number of amides is 1. The molecular formula is C19H17BrN2O4. The van der Waals surface area contributed by atoms with E-state index in [2.05, 4.69) is 26.2 Å². The van der Waals surface area contributed by atoms with E-state index < -0.39 is 0 Å². The first-order chi connectivity index (χ1) is 12.7. The number of aromatic nitrogens is 1. The van der Waals surface area contributed by atoms with Crippen LogP contribution >= 0.6 is 15.9 Å². The van der Waals surface area contributed by atoms with E-state index in [4.69, 9.17) is 14.3 Å². The van der Waals surface area contributed by atoms with Gasteiger partial charge in [-0.3, -0.25) is 4.79 Å². The van der Waals surface area contributed by atoms with Crippen molar-refractivity contribution in [3.05, 3.63) is 70.5 Å². The van der Waals surface area contributed by atoms with E-state index in [9.17, 15) is 4.79 Å². The summed E-state index contributed by atoms with van der Waals surface area (Å²) in [6.07, 6.45) is 1.55. The van der Waals surface area contributed by atoms with Gasteiger partial charge in [0.2, 0.25) is 5.89 Å². The average Bonchev–Trinajstić information content (AvgIpc) is 3.14. The smallest absolute Gasteiger partial charge is 0.251 e. The maximum atomic E-state index is 11.9. The van der Waals surface area contributed by atoms with Crippen molar-refractivity contribution in [3.8, 4) is 17.2 Å². The maximum Gasteiger partial charge on any atom is 0.251 e. The summed E-state index contributed by atoms with van der Waals surface area (Å²) in [7, 11) is 0. The molecule has 0 aliphatic rings. The van der Waals surface area contributed by atoms with Crippen LogP contribution in [0.2, 0.25) is 0 Å². The standard InChI is InChI=1S/C19H17BrN2O4/c20-15-6-4-13(5-7-15)19-22-16(12-26-19)11-25-17-3-1-2-14(10-17)18(24)21-8-9-23/h1-7,10,12,23H,8-9,11H2,(H,21,24). The number of benzene rings is 2. The van der Waals surface area contributed by atoms with Crippen molar-refractivity contribution < 1.29 is 19.1 Å². The molecule has 1 aromatic heterocycles. The molecule has 0 atom stereocenters. The van der Waals surface area contributed by atoms with E-state index in [0.717, 1.165) is 10.0 Å². The molecule has 0 spiro atoms. The van der Waals surface area contributed by atoms with Crippen LogP contribution in [0, 0.1) is 0 Å². The number of halogens is 1. The third kappa shape index (κ3) is 4.71. The second-order valence-electron chi connectivity index (χ2n) is 5.45. The molecule has 0 radical (unpaired) electrons. The van der Waals surface area contributed by atoms with Crippen LogP contribution in [-0.2, 0) is 6.61 Å². The Balaban J connectivity index is 1.62. The predicted octanol–water partition coefficient (Wildman–Crippen LogP) is 3.41. The van der Waals surface area contributed by atoms with E-state index in [0.29, 0.717) is 22.9 Å². The quantitative estimate of drug-likeness (QED) is 0.616. The monoisotopic (exact) mass is 416 g/mol. The van der Waals surface area contributed by atoms with Gasteiger partial charge in [0, 0.05) is 22.1 Å². The molecule has 1 amide bonds. The highest BCUT2D eigenvalue weighted by Gasteiger charge is 2.09. The van der Waals surface area contributed by atoms with Crippen LogP contribution in [0.25, 0.3) is 11.5 Å². The largest absolute Gasteiger partial charge is 0.487 e. The summed E-state index contributed by atoms with van der Waals surface area (Å²) in [4.78, 5) is 16.3. The van der Waals surface area contributed by atoms with Crippen molar-refractivity contribution in [1.29, 1.82) is 0 Å². The van der Waals surface area contributed by atoms with E-state index in [1.165, 1.54) is 0 Å². The minimum atomic E-state index is -0.261. The summed E-state index contributed by atoms with van der Waals surface area (Å²) in [6.45, 7) is 0.332. The number of rotatable bonds is 7. The van der Waals surface area contributed by atoms with Crippen LogP contribution in [0.1, 0.15) is 16.1 Å². The summed E-state index contributed by atoms with van der Waals surface area (Å²) in [5.74, 6) is 0.812. The summed E-state index contributed by atoms with van der Waals surface area (Å²) in [6, 6.07) is 14.5. The fourth-order valence-corrected chi connectivity index (χ4v) is 2.52. The van der Waals surface area contributed by atoms with Gasteiger partial charge in [0.05, 0.1) is 6.61 Å². The van der Waals surface area contributed by atoms with Gasteiger partial charge >= 0.3 is 0 Å². The number of nitrogens with zero attached hydrogens (tertiary/aromatic N) is 1.